The fourth-order valence-electron chi connectivity index (χ4n) is 1.01. The highest BCUT2D eigenvalue weighted by molar-refractivity contribution is 14.1. The Morgan fingerprint density at radius 1 is 1.46 bits per heavy atom. The molecule has 0 aliphatic rings. The van der Waals surface area contributed by atoms with Gasteiger partial charge in [0.1, 0.15) is 6.04 Å². The van der Waals surface area contributed by atoms with Crippen LogP contribution in [-0.4, -0.2) is 12.0 Å². The molecular formula is C9H10INO2. The summed E-state index contributed by atoms with van der Waals surface area (Å²) in [4.78, 5) is 11.0. The fraction of sp³-hybridized carbons (Fsp3) is 0.222. The largest absolute Gasteiger partial charge is 0.393 e. The van der Waals surface area contributed by atoms with Crippen molar-refractivity contribution >= 4 is 29.0 Å². The normalized spacial score (nSPS) is 12.2. The van der Waals surface area contributed by atoms with E-state index in [0.717, 1.165) is 5.56 Å². The standard InChI is InChI=1S/C9H10INO2/c10-13-9(12)8(11)6-7-4-2-1-3-5-7/h1-5,8H,6,11H2. The van der Waals surface area contributed by atoms with Gasteiger partial charge in [-0.3, -0.25) is 0 Å². The van der Waals surface area contributed by atoms with Crippen molar-refractivity contribution in [3.63, 3.8) is 0 Å². The number of halogens is 1. The number of hydrogen-bond acceptors (Lipinski definition) is 3. The van der Waals surface area contributed by atoms with E-state index in [9.17, 15) is 4.79 Å². The molecule has 0 saturated heterocycles. The van der Waals surface area contributed by atoms with Gasteiger partial charge in [-0.15, -0.1) is 0 Å². The lowest BCUT2D eigenvalue weighted by atomic mass is 10.1. The first-order valence-corrected chi connectivity index (χ1v) is 4.74. The molecule has 0 radical (unpaired) electrons. The summed E-state index contributed by atoms with van der Waals surface area (Å²) in [6.07, 6.45) is 0.517. The number of rotatable bonds is 3. The lowest BCUT2D eigenvalue weighted by Crippen LogP contribution is -2.32. The minimum atomic E-state index is -0.570. The highest BCUT2D eigenvalue weighted by Gasteiger charge is 2.14. The number of benzene rings is 1. The van der Waals surface area contributed by atoms with Gasteiger partial charge >= 0.3 is 5.97 Å². The molecule has 1 atom stereocenters. The van der Waals surface area contributed by atoms with Gasteiger partial charge in [-0.2, -0.15) is 0 Å². The molecule has 1 rings (SSSR count). The fourth-order valence-corrected chi connectivity index (χ4v) is 1.34. The zero-order valence-corrected chi connectivity index (χ0v) is 9.10. The second kappa shape index (κ2) is 5.18. The molecule has 0 amide bonds. The van der Waals surface area contributed by atoms with Gasteiger partial charge in [0.2, 0.25) is 0 Å². The van der Waals surface area contributed by atoms with Gasteiger partial charge in [-0.05, 0) is 12.0 Å². The molecule has 0 aliphatic carbocycles. The molecule has 0 saturated carbocycles. The molecule has 0 fully saturated rings. The summed E-state index contributed by atoms with van der Waals surface area (Å²) < 4.78 is 4.49. The molecule has 3 nitrogen and oxygen atoms in total. The van der Waals surface area contributed by atoms with E-state index in [2.05, 4.69) is 3.07 Å². The minimum Gasteiger partial charge on any atom is -0.393 e. The SMILES string of the molecule is NC(Cc1ccccc1)C(=O)OI. The zero-order valence-electron chi connectivity index (χ0n) is 6.94. The number of nitrogens with two attached hydrogens (primary N) is 1. The van der Waals surface area contributed by atoms with Gasteiger partial charge in [0.25, 0.3) is 0 Å². The van der Waals surface area contributed by atoms with Crippen LogP contribution in [0.5, 0.6) is 0 Å². The first kappa shape index (κ1) is 10.5. The Kier molecular flexibility index (Phi) is 4.17. The molecule has 0 spiro atoms. The maximum atomic E-state index is 11.0. The molecule has 0 aliphatic heterocycles. The van der Waals surface area contributed by atoms with E-state index in [1.807, 2.05) is 30.3 Å². The third-order valence-electron chi connectivity index (χ3n) is 1.68. The first-order valence-electron chi connectivity index (χ1n) is 3.86. The predicted molar refractivity (Wildman–Crippen MR) is 58.2 cm³/mol. The maximum absolute atomic E-state index is 11.0. The van der Waals surface area contributed by atoms with E-state index in [1.165, 1.54) is 0 Å². The van der Waals surface area contributed by atoms with Crippen LogP contribution in [0.25, 0.3) is 0 Å². The van der Waals surface area contributed by atoms with E-state index >= 15 is 0 Å². The Bertz CT molecular complexity index is 276. The van der Waals surface area contributed by atoms with Crippen LogP contribution in [0, 0.1) is 0 Å². The summed E-state index contributed by atoms with van der Waals surface area (Å²) in [6.45, 7) is 0. The summed E-state index contributed by atoms with van der Waals surface area (Å²) in [5, 5.41) is 0. The van der Waals surface area contributed by atoms with Crippen LogP contribution in [0.15, 0.2) is 30.3 Å². The lowest BCUT2D eigenvalue weighted by Gasteiger charge is -2.07. The third kappa shape index (κ3) is 3.31. The van der Waals surface area contributed by atoms with E-state index in [4.69, 9.17) is 5.73 Å². The average Bonchev–Trinajstić information content (AvgIpc) is 2.18. The van der Waals surface area contributed by atoms with E-state index in [1.54, 1.807) is 23.0 Å². The smallest absolute Gasteiger partial charge is 0.332 e. The van der Waals surface area contributed by atoms with Gasteiger partial charge in [0.15, 0.2) is 23.0 Å². The molecule has 1 unspecified atom stereocenters. The quantitative estimate of drug-likeness (QED) is 0.858. The monoisotopic (exact) mass is 291 g/mol. The van der Waals surface area contributed by atoms with Crippen molar-refractivity contribution in [2.45, 2.75) is 12.5 Å². The molecule has 13 heavy (non-hydrogen) atoms. The van der Waals surface area contributed by atoms with Crippen molar-refractivity contribution in [1.29, 1.82) is 0 Å². The van der Waals surface area contributed by atoms with Crippen LogP contribution < -0.4 is 5.73 Å². The molecule has 0 heterocycles. The van der Waals surface area contributed by atoms with Crippen molar-refractivity contribution in [3.05, 3.63) is 35.9 Å². The summed E-state index contributed by atoms with van der Waals surface area (Å²) in [5.41, 5.74) is 6.62. The first-order chi connectivity index (χ1) is 6.24. The Morgan fingerprint density at radius 3 is 2.62 bits per heavy atom. The highest BCUT2D eigenvalue weighted by atomic mass is 127. The van der Waals surface area contributed by atoms with E-state index in [-0.39, 0.29) is 5.97 Å². The predicted octanol–water partition coefficient (Wildman–Crippen LogP) is 1.45. The van der Waals surface area contributed by atoms with Gasteiger partial charge in [-0.1, -0.05) is 30.3 Å². The maximum Gasteiger partial charge on any atom is 0.332 e. The Hall–Kier alpha value is -0.620. The van der Waals surface area contributed by atoms with Crippen molar-refractivity contribution < 1.29 is 7.86 Å². The van der Waals surface area contributed by atoms with Crippen LogP contribution >= 0.6 is 23.0 Å². The Labute approximate surface area is 91.0 Å². The van der Waals surface area contributed by atoms with E-state index in [0.29, 0.717) is 6.42 Å². The molecule has 1 aromatic rings. The second-order valence-electron chi connectivity index (χ2n) is 2.69. The highest BCUT2D eigenvalue weighted by Crippen LogP contribution is 2.03. The zero-order chi connectivity index (χ0) is 9.68. The molecule has 0 bridgehead atoms. The summed E-state index contributed by atoms with van der Waals surface area (Å²) in [5.74, 6) is -0.385. The van der Waals surface area contributed by atoms with Crippen LogP contribution in [0.2, 0.25) is 0 Å². The third-order valence-corrected chi connectivity index (χ3v) is 2.11. The van der Waals surface area contributed by atoms with Gasteiger partial charge in [0, 0.05) is 0 Å². The molecule has 70 valence electrons. The van der Waals surface area contributed by atoms with Crippen molar-refractivity contribution in [2.24, 2.45) is 5.73 Å². The van der Waals surface area contributed by atoms with Crippen LogP contribution in [0.4, 0.5) is 0 Å². The number of hydrogen-bond donors (Lipinski definition) is 1. The lowest BCUT2D eigenvalue weighted by molar-refractivity contribution is -0.132. The van der Waals surface area contributed by atoms with Gasteiger partial charge in [-0.25, -0.2) is 4.79 Å². The van der Waals surface area contributed by atoms with E-state index < -0.39 is 6.04 Å². The Balaban J connectivity index is 2.55. The Morgan fingerprint density at radius 2 is 2.08 bits per heavy atom. The molecule has 1 aromatic carbocycles. The average molecular weight is 291 g/mol. The minimum absolute atomic E-state index is 0.385. The van der Waals surface area contributed by atoms with Crippen molar-refractivity contribution in [2.75, 3.05) is 0 Å². The van der Waals surface area contributed by atoms with Crippen molar-refractivity contribution in [1.82, 2.24) is 0 Å². The van der Waals surface area contributed by atoms with Crippen LogP contribution in [0.3, 0.4) is 0 Å². The molecule has 4 heteroatoms. The summed E-state index contributed by atoms with van der Waals surface area (Å²) in [6, 6.07) is 9.04. The van der Waals surface area contributed by atoms with Gasteiger partial charge < -0.3 is 8.80 Å². The van der Waals surface area contributed by atoms with Crippen LogP contribution in [0.1, 0.15) is 5.56 Å². The molecule has 0 aromatic heterocycles. The second-order valence-corrected chi connectivity index (χ2v) is 3.13. The van der Waals surface area contributed by atoms with Crippen molar-refractivity contribution in [3.8, 4) is 0 Å². The summed E-state index contributed by atoms with van der Waals surface area (Å²) >= 11 is 1.54. The summed E-state index contributed by atoms with van der Waals surface area (Å²) in [7, 11) is 0. The van der Waals surface area contributed by atoms with Gasteiger partial charge in [0.05, 0.1) is 0 Å². The van der Waals surface area contributed by atoms with Crippen LogP contribution in [-0.2, 0) is 14.3 Å². The number of carbonyl (C=O) groups excluding carboxylic acids is 1. The number of carbonyl (C=O) groups is 1. The molecular weight excluding hydrogens is 281 g/mol. The molecule has 2 N–H and O–H groups in total. The topological polar surface area (TPSA) is 52.3 Å².